The van der Waals surface area contributed by atoms with Crippen molar-refractivity contribution < 1.29 is 9.53 Å². The predicted molar refractivity (Wildman–Crippen MR) is 82.6 cm³/mol. The number of methoxy groups -OCH3 is 1. The van der Waals surface area contributed by atoms with Gasteiger partial charge in [-0.15, -0.1) is 11.3 Å². The van der Waals surface area contributed by atoms with E-state index in [1.165, 1.54) is 24.0 Å². The maximum atomic E-state index is 11.6. The van der Waals surface area contributed by atoms with Crippen molar-refractivity contribution in [1.29, 1.82) is 0 Å². The van der Waals surface area contributed by atoms with E-state index in [2.05, 4.69) is 37.0 Å². The Morgan fingerprint density at radius 2 is 2.00 bits per heavy atom. The summed E-state index contributed by atoms with van der Waals surface area (Å²) in [5, 5.41) is 2.10. The molecule has 0 saturated carbocycles. The molecule has 0 fully saturated rings. The highest BCUT2D eigenvalue weighted by Crippen LogP contribution is 2.29. The number of fused-ring (bicyclic) bond motifs is 2. The lowest BCUT2D eigenvalue weighted by Crippen LogP contribution is -1.96. The molecule has 102 valence electrons. The van der Waals surface area contributed by atoms with Crippen molar-refractivity contribution in [2.75, 3.05) is 7.11 Å². The summed E-state index contributed by atoms with van der Waals surface area (Å²) in [7, 11) is 1.39. The largest absolute Gasteiger partial charge is 0.465 e. The van der Waals surface area contributed by atoms with Crippen molar-refractivity contribution in [2.45, 2.75) is 19.8 Å². The van der Waals surface area contributed by atoms with Gasteiger partial charge in [0.25, 0.3) is 0 Å². The van der Waals surface area contributed by atoms with Crippen LogP contribution >= 0.6 is 11.3 Å². The summed E-state index contributed by atoms with van der Waals surface area (Å²) < 4.78 is 4.76. The lowest BCUT2D eigenvalue weighted by molar-refractivity contribution is 0.0606. The Kier molecular flexibility index (Phi) is 3.18. The zero-order chi connectivity index (χ0) is 14.3. The van der Waals surface area contributed by atoms with E-state index >= 15 is 0 Å². The average molecular weight is 285 g/mol. The van der Waals surface area contributed by atoms with Gasteiger partial charge in [0.1, 0.15) is 9.71 Å². The maximum Gasteiger partial charge on any atom is 0.348 e. The van der Waals surface area contributed by atoms with Crippen LogP contribution in [0.25, 0.3) is 21.1 Å². The van der Waals surface area contributed by atoms with E-state index in [1.54, 1.807) is 0 Å². The first-order valence-corrected chi connectivity index (χ1v) is 7.32. The summed E-state index contributed by atoms with van der Waals surface area (Å²) in [6.07, 6.45) is 0. The van der Waals surface area contributed by atoms with Crippen LogP contribution in [-0.2, 0) is 4.74 Å². The molecule has 0 aliphatic carbocycles. The third-order valence-corrected chi connectivity index (χ3v) is 4.40. The van der Waals surface area contributed by atoms with Gasteiger partial charge in [-0.1, -0.05) is 19.9 Å². The second-order valence-corrected chi connectivity index (χ2v) is 6.12. The molecule has 0 atom stereocenters. The molecule has 0 N–H and O–H groups in total. The smallest absolute Gasteiger partial charge is 0.348 e. The Labute approximate surface area is 121 Å². The molecule has 0 aliphatic rings. The fourth-order valence-electron chi connectivity index (χ4n) is 2.21. The number of benzene rings is 1. The minimum atomic E-state index is -0.306. The molecule has 0 bridgehead atoms. The minimum absolute atomic E-state index is 0.306. The van der Waals surface area contributed by atoms with Gasteiger partial charge in [0.2, 0.25) is 0 Å². The van der Waals surface area contributed by atoms with Crippen molar-refractivity contribution in [3.8, 4) is 0 Å². The third-order valence-electron chi connectivity index (χ3n) is 3.38. The van der Waals surface area contributed by atoms with Gasteiger partial charge >= 0.3 is 5.97 Å². The summed E-state index contributed by atoms with van der Waals surface area (Å²) in [5.41, 5.74) is 2.25. The number of hydrogen-bond acceptors (Lipinski definition) is 4. The van der Waals surface area contributed by atoms with Crippen LogP contribution in [0.15, 0.2) is 30.3 Å². The molecule has 2 heterocycles. The van der Waals surface area contributed by atoms with Crippen LogP contribution in [0.1, 0.15) is 35.0 Å². The van der Waals surface area contributed by atoms with Crippen molar-refractivity contribution in [3.63, 3.8) is 0 Å². The average Bonchev–Trinajstić information content (AvgIpc) is 2.85. The Balaban J connectivity index is 2.20. The fraction of sp³-hybridized carbons (Fsp3) is 0.250. The molecule has 0 aliphatic heterocycles. The van der Waals surface area contributed by atoms with Gasteiger partial charge in [0.15, 0.2) is 0 Å². The van der Waals surface area contributed by atoms with E-state index in [9.17, 15) is 4.79 Å². The first kappa shape index (κ1) is 13.1. The van der Waals surface area contributed by atoms with Crippen LogP contribution in [0.2, 0.25) is 0 Å². The topological polar surface area (TPSA) is 39.2 Å². The molecule has 4 heteroatoms. The Hall–Kier alpha value is -1.94. The molecule has 3 nitrogen and oxygen atoms in total. The van der Waals surface area contributed by atoms with Crippen LogP contribution in [0, 0.1) is 0 Å². The highest BCUT2D eigenvalue weighted by Gasteiger charge is 2.12. The quantitative estimate of drug-likeness (QED) is 0.657. The number of aromatic nitrogens is 1. The highest BCUT2D eigenvalue weighted by molar-refractivity contribution is 7.20. The first-order valence-electron chi connectivity index (χ1n) is 6.51. The number of hydrogen-bond donors (Lipinski definition) is 0. The van der Waals surface area contributed by atoms with Gasteiger partial charge < -0.3 is 4.74 Å². The molecule has 0 saturated heterocycles. The fourth-order valence-corrected chi connectivity index (χ4v) is 3.15. The van der Waals surface area contributed by atoms with Crippen molar-refractivity contribution >= 4 is 38.4 Å². The molecule has 3 aromatic rings. The number of carbonyl (C=O) groups is 1. The molecule has 0 unspecified atom stereocenters. The highest BCUT2D eigenvalue weighted by atomic mass is 32.1. The summed E-state index contributed by atoms with van der Waals surface area (Å²) >= 11 is 1.37. The lowest BCUT2D eigenvalue weighted by atomic mass is 10.0. The second kappa shape index (κ2) is 4.87. The van der Waals surface area contributed by atoms with Gasteiger partial charge in [-0.05, 0) is 35.7 Å². The third kappa shape index (κ3) is 2.16. The molecule has 0 amide bonds. The molecule has 0 radical (unpaired) electrons. The Morgan fingerprint density at radius 1 is 1.20 bits per heavy atom. The van der Waals surface area contributed by atoms with Gasteiger partial charge in [0, 0.05) is 10.8 Å². The number of nitrogens with zero attached hydrogens (tertiary/aromatic N) is 1. The molecule has 2 aromatic heterocycles. The molecule has 0 spiro atoms. The van der Waals surface area contributed by atoms with Crippen LogP contribution in [0.3, 0.4) is 0 Å². The maximum absolute atomic E-state index is 11.6. The minimum Gasteiger partial charge on any atom is -0.465 e. The molecule has 3 rings (SSSR count). The van der Waals surface area contributed by atoms with E-state index in [4.69, 9.17) is 4.74 Å². The number of carbonyl (C=O) groups excluding carboxylic acids is 1. The van der Waals surface area contributed by atoms with E-state index in [1.807, 2.05) is 12.1 Å². The normalized spacial score (nSPS) is 11.4. The van der Waals surface area contributed by atoms with Crippen molar-refractivity contribution in [1.82, 2.24) is 4.98 Å². The Bertz CT molecular complexity index is 805. The molecule has 1 aromatic carbocycles. The number of thiophene rings is 1. The van der Waals surface area contributed by atoms with Gasteiger partial charge in [-0.3, -0.25) is 0 Å². The van der Waals surface area contributed by atoms with Crippen LogP contribution in [0.4, 0.5) is 0 Å². The van der Waals surface area contributed by atoms with E-state index in [-0.39, 0.29) is 5.97 Å². The summed E-state index contributed by atoms with van der Waals surface area (Å²) in [4.78, 5) is 17.7. The summed E-state index contributed by atoms with van der Waals surface area (Å²) in [5.74, 6) is 0.183. The summed E-state index contributed by atoms with van der Waals surface area (Å²) in [6, 6.07) is 10.3. The van der Waals surface area contributed by atoms with Crippen LogP contribution in [0.5, 0.6) is 0 Å². The zero-order valence-electron chi connectivity index (χ0n) is 11.6. The monoisotopic (exact) mass is 285 g/mol. The van der Waals surface area contributed by atoms with E-state index in [0.29, 0.717) is 10.8 Å². The van der Waals surface area contributed by atoms with Crippen LogP contribution in [-0.4, -0.2) is 18.1 Å². The van der Waals surface area contributed by atoms with Crippen molar-refractivity contribution in [2.24, 2.45) is 0 Å². The SMILES string of the molecule is COC(=O)c1cc2cc3cc(C(C)C)ccc3nc2s1. The zero-order valence-corrected chi connectivity index (χ0v) is 12.5. The molecular weight excluding hydrogens is 270 g/mol. The van der Waals surface area contributed by atoms with Crippen molar-refractivity contribution in [3.05, 3.63) is 40.8 Å². The van der Waals surface area contributed by atoms with Gasteiger partial charge in [0.05, 0.1) is 12.6 Å². The van der Waals surface area contributed by atoms with Gasteiger partial charge in [-0.2, -0.15) is 0 Å². The second-order valence-electron chi connectivity index (χ2n) is 5.09. The standard InChI is InChI=1S/C16H15NO2S/c1-9(2)10-4-5-13-11(6-10)7-12-8-14(16(18)19-3)20-15(12)17-13/h4-9H,1-3H3. The number of ether oxygens (including phenoxy) is 1. The van der Waals surface area contributed by atoms with E-state index in [0.717, 1.165) is 21.1 Å². The predicted octanol–water partition coefficient (Wildman–Crippen LogP) is 4.36. The number of esters is 1. The molecule has 20 heavy (non-hydrogen) atoms. The summed E-state index contributed by atoms with van der Waals surface area (Å²) in [6.45, 7) is 4.35. The van der Waals surface area contributed by atoms with E-state index < -0.39 is 0 Å². The number of pyridine rings is 1. The number of rotatable bonds is 2. The Morgan fingerprint density at radius 3 is 2.70 bits per heavy atom. The molecular formula is C16H15NO2S. The van der Waals surface area contributed by atoms with Crippen LogP contribution < -0.4 is 0 Å². The first-order chi connectivity index (χ1) is 9.58. The lowest BCUT2D eigenvalue weighted by Gasteiger charge is -2.06. The van der Waals surface area contributed by atoms with Gasteiger partial charge in [-0.25, -0.2) is 9.78 Å².